The second-order valence-corrected chi connectivity index (χ2v) is 4.81. The van der Waals surface area contributed by atoms with Gasteiger partial charge in [-0.25, -0.2) is 0 Å². The molecule has 1 rings (SSSR count). The third-order valence-corrected chi connectivity index (χ3v) is 3.05. The molecule has 0 aliphatic heterocycles. The number of hydrogen-bond donors (Lipinski definition) is 0. The number of hydrogen-bond acceptors (Lipinski definition) is 2. The van der Waals surface area contributed by atoms with Crippen LogP contribution in [0, 0.1) is 0 Å². The Balaban J connectivity index is 0.000000362. The molecule has 0 aliphatic carbocycles. The van der Waals surface area contributed by atoms with Gasteiger partial charge in [0, 0.05) is 13.7 Å². The lowest BCUT2D eigenvalue weighted by atomic mass is 9.97. The zero-order chi connectivity index (χ0) is 14.5. The van der Waals surface area contributed by atoms with Crippen LogP contribution in [0.25, 0.3) is 0 Å². The number of benzene rings is 1. The minimum atomic E-state index is 0.231. The standard InChI is InChI=1S/C11H16.C6H14O2/c1-3-7-10(2)11-8-5-4-6-9-11;1-4-8-5-6(2)7-3/h4-6,8-10H,3,7H2,1-2H3;6H,4-5H2,1-3H3. The van der Waals surface area contributed by atoms with Crippen molar-refractivity contribution in [1.29, 1.82) is 0 Å². The lowest BCUT2D eigenvalue weighted by Crippen LogP contribution is -2.13. The van der Waals surface area contributed by atoms with E-state index in [-0.39, 0.29) is 6.10 Å². The van der Waals surface area contributed by atoms with Gasteiger partial charge in [0.05, 0.1) is 12.7 Å². The first kappa shape index (κ1) is 18.1. The van der Waals surface area contributed by atoms with Gasteiger partial charge in [-0.05, 0) is 31.7 Å². The van der Waals surface area contributed by atoms with E-state index in [1.165, 1.54) is 18.4 Å². The fourth-order valence-corrected chi connectivity index (χ4v) is 1.73. The average molecular weight is 266 g/mol. The van der Waals surface area contributed by atoms with Crippen molar-refractivity contribution in [2.45, 2.75) is 52.6 Å². The van der Waals surface area contributed by atoms with Crippen LogP contribution in [0.3, 0.4) is 0 Å². The molecule has 0 fully saturated rings. The van der Waals surface area contributed by atoms with E-state index in [9.17, 15) is 0 Å². The van der Waals surface area contributed by atoms with E-state index < -0.39 is 0 Å². The molecule has 1 aromatic carbocycles. The van der Waals surface area contributed by atoms with Crippen LogP contribution < -0.4 is 0 Å². The Hall–Kier alpha value is -0.860. The van der Waals surface area contributed by atoms with Crippen molar-refractivity contribution in [2.75, 3.05) is 20.3 Å². The van der Waals surface area contributed by atoms with Gasteiger partial charge in [0.25, 0.3) is 0 Å². The Morgan fingerprint density at radius 2 is 1.68 bits per heavy atom. The summed E-state index contributed by atoms with van der Waals surface area (Å²) in [5, 5.41) is 0. The van der Waals surface area contributed by atoms with Gasteiger partial charge in [0.2, 0.25) is 0 Å². The van der Waals surface area contributed by atoms with Crippen LogP contribution in [-0.2, 0) is 9.47 Å². The summed E-state index contributed by atoms with van der Waals surface area (Å²) in [5.74, 6) is 0.723. The molecule has 2 unspecified atom stereocenters. The maximum atomic E-state index is 5.06. The van der Waals surface area contributed by atoms with E-state index in [2.05, 4.69) is 44.2 Å². The van der Waals surface area contributed by atoms with Gasteiger partial charge in [-0.2, -0.15) is 0 Å². The van der Waals surface area contributed by atoms with Crippen molar-refractivity contribution in [2.24, 2.45) is 0 Å². The van der Waals surface area contributed by atoms with Crippen LogP contribution in [0.4, 0.5) is 0 Å². The van der Waals surface area contributed by atoms with Crippen LogP contribution in [-0.4, -0.2) is 26.4 Å². The van der Waals surface area contributed by atoms with Gasteiger partial charge in [-0.15, -0.1) is 0 Å². The first-order valence-electron chi connectivity index (χ1n) is 7.31. The molecule has 2 atom stereocenters. The minimum absolute atomic E-state index is 0.231. The Morgan fingerprint density at radius 3 is 2.16 bits per heavy atom. The van der Waals surface area contributed by atoms with E-state index in [0.29, 0.717) is 6.61 Å². The van der Waals surface area contributed by atoms with E-state index in [4.69, 9.17) is 9.47 Å². The summed E-state index contributed by atoms with van der Waals surface area (Å²) in [4.78, 5) is 0. The van der Waals surface area contributed by atoms with Crippen LogP contribution in [0.2, 0.25) is 0 Å². The molecule has 110 valence electrons. The summed E-state index contributed by atoms with van der Waals surface area (Å²) in [5.41, 5.74) is 1.47. The molecule has 0 saturated heterocycles. The average Bonchev–Trinajstić information content (AvgIpc) is 2.46. The van der Waals surface area contributed by atoms with Gasteiger partial charge < -0.3 is 9.47 Å². The Bertz CT molecular complexity index is 285. The highest BCUT2D eigenvalue weighted by molar-refractivity contribution is 5.18. The van der Waals surface area contributed by atoms with Gasteiger partial charge >= 0.3 is 0 Å². The molecule has 0 bridgehead atoms. The highest BCUT2D eigenvalue weighted by Gasteiger charge is 2.01. The van der Waals surface area contributed by atoms with Crippen molar-refractivity contribution in [1.82, 2.24) is 0 Å². The third kappa shape index (κ3) is 9.69. The highest BCUT2D eigenvalue weighted by atomic mass is 16.5. The molecular formula is C17H30O2. The van der Waals surface area contributed by atoms with E-state index in [1.54, 1.807) is 7.11 Å². The molecule has 0 spiro atoms. The maximum absolute atomic E-state index is 5.06. The molecule has 19 heavy (non-hydrogen) atoms. The summed E-state index contributed by atoms with van der Waals surface area (Å²) in [6.07, 6.45) is 2.80. The van der Waals surface area contributed by atoms with E-state index in [0.717, 1.165) is 12.5 Å². The second-order valence-electron chi connectivity index (χ2n) is 4.81. The first-order valence-corrected chi connectivity index (χ1v) is 7.31. The molecule has 0 saturated carbocycles. The summed E-state index contributed by atoms with van der Waals surface area (Å²) < 4.78 is 9.99. The minimum Gasteiger partial charge on any atom is -0.379 e. The van der Waals surface area contributed by atoms with Crippen molar-refractivity contribution < 1.29 is 9.47 Å². The SMILES string of the molecule is CCCC(C)c1ccccc1.CCOCC(C)OC. The zero-order valence-corrected chi connectivity index (χ0v) is 13.2. The number of rotatable bonds is 7. The molecule has 2 heteroatoms. The monoisotopic (exact) mass is 266 g/mol. The zero-order valence-electron chi connectivity index (χ0n) is 13.2. The highest BCUT2D eigenvalue weighted by Crippen LogP contribution is 2.19. The fraction of sp³-hybridized carbons (Fsp3) is 0.647. The Labute approximate surface area is 119 Å². The molecule has 0 aliphatic rings. The summed E-state index contributed by atoms with van der Waals surface area (Å²) in [6, 6.07) is 10.7. The topological polar surface area (TPSA) is 18.5 Å². The van der Waals surface area contributed by atoms with Crippen molar-refractivity contribution in [3.63, 3.8) is 0 Å². The van der Waals surface area contributed by atoms with Crippen LogP contribution >= 0.6 is 0 Å². The van der Waals surface area contributed by atoms with Gasteiger partial charge in [-0.3, -0.25) is 0 Å². The Morgan fingerprint density at radius 1 is 1.05 bits per heavy atom. The van der Waals surface area contributed by atoms with Gasteiger partial charge in [-0.1, -0.05) is 50.6 Å². The maximum Gasteiger partial charge on any atom is 0.0776 e. The smallest absolute Gasteiger partial charge is 0.0776 e. The van der Waals surface area contributed by atoms with Crippen molar-refractivity contribution in [3.8, 4) is 0 Å². The molecule has 2 nitrogen and oxygen atoms in total. The largest absolute Gasteiger partial charge is 0.379 e. The first-order chi connectivity index (χ1) is 9.15. The molecule has 0 heterocycles. The second kappa shape index (κ2) is 12.2. The third-order valence-electron chi connectivity index (χ3n) is 3.05. The van der Waals surface area contributed by atoms with Gasteiger partial charge in [0.1, 0.15) is 0 Å². The summed E-state index contributed by atoms with van der Waals surface area (Å²) >= 11 is 0. The van der Waals surface area contributed by atoms with Crippen LogP contribution in [0.5, 0.6) is 0 Å². The van der Waals surface area contributed by atoms with Crippen LogP contribution in [0.15, 0.2) is 30.3 Å². The molecule has 0 amide bonds. The molecule has 0 N–H and O–H groups in total. The van der Waals surface area contributed by atoms with Crippen molar-refractivity contribution >= 4 is 0 Å². The lowest BCUT2D eigenvalue weighted by Gasteiger charge is -2.08. The number of ether oxygens (including phenoxy) is 2. The summed E-state index contributed by atoms with van der Waals surface area (Å²) in [7, 11) is 1.68. The summed E-state index contributed by atoms with van der Waals surface area (Å²) in [6.45, 7) is 9.96. The fourth-order valence-electron chi connectivity index (χ4n) is 1.73. The van der Waals surface area contributed by atoms with Gasteiger partial charge in [0.15, 0.2) is 0 Å². The molecule has 1 aromatic rings. The van der Waals surface area contributed by atoms with E-state index >= 15 is 0 Å². The molecule has 0 aromatic heterocycles. The lowest BCUT2D eigenvalue weighted by molar-refractivity contribution is 0.0232. The molecule has 0 radical (unpaired) electrons. The molecular weight excluding hydrogens is 236 g/mol. The quantitative estimate of drug-likeness (QED) is 0.715. The predicted octanol–water partition coefficient (Wildman–Crippen LogP) is 4.65. The predicted molar refractivity (Wildman–Crippen MR) is 82.7 cm³/mol. The Kier molecular flexibility index (Phi) is 11.6. The van der Waals surface area contributed by atoms with E-state index in [1.807, 2.05) is 13.8 Å². The normalized spacial score (nSPS) is 13.3. The van der Waals surface area contributed by atoms with Crippen LogP contribution in [0.1, 0.15) is 52.0 Å². The number of methoxy groups -OCH3 is 1. The van der Waals surface area contributed by atoms with Crippen molar-refractivity contribution in [3.05, 3.63) is 35.9 Å².